The topological polar surface area (TPSA) is 159 Å². The number of nitrogens with one attached hydrogen (secondary N) is 3. The van der Waals surface area contributed by atoms with Gasteiger partial charge in [-0.3, -0.25) is 19.4 Å². The van der Waals surface area contributed by atoms with Gasteiger partial charge in [0, 0.05) is 36.4 Å². The van der Waals surface area contributed by atoms with E-state index in [0.29, 0.717) is 17.8 Å². The molecule has 2 aliphatic rings. The number of hydrogen-bond donors (Lipinski definition) is 5. The van der Waals surface area contributed by atoms with E-state index < -0.39 is 11.5 Å². The molecule has 0 bridgehead atoms. The van der Waals surface area contributed by atoms with E-state index in [1.54, 1.807) is 12.1 Å². The summed E-state index contributed by atoms with van der Waals surface area (Å²) in [6.07, 6.45) is 8.24. The number of benzene rings is 1. The number of rotatable bonds is 7. The van der Waals surface area contributed by atoms with Gasteiger partial charge in [0.05, 0.1) is 0 Å². The highest BCUT2D eigenvalue weighted by molar-refractivity contribution is 5.99. The van der Waals surface area contributed by atoms with E-state index >= 15 is 0 Å². The van der Waals surface area contributed by atoms with E-state index in [4.69, 9.17) is 11.5 Å². The smallest absolute Gasteiger partial charge is 0.267 e. The molecule has 1 aromatic heterocycles. The Bertz CT molecular complexity index is 1150. The van der Waals surface area contributed by atoms with Crippen LogP contribution in [0.5, 0.6) is 0 Å². The van der Waals surface area contributed by atoms with Crippen LogP contribution < -0.4 is 27.7 Å². The first kappa shape index (κ1) is 24.7. The summed E-state index contributed by atoms with van der Waals surface area (Å²) in [6.45, 7) is 3.81. The van der Waals surface area contributed by atoms with Crippen molar-refractivity contribution in [3.8, 4) is 0 Å². The molecule has 0 atom stereocenters. The summed E-state index contributed by atoms with van der Waals surface area (Å²) in [5, 5.41) is 6.21. The van der Waals surface area contributed by atoms with Gasteiger partial charge in [-0.15, -0.1) is 0 Å². The maximum Gasteiger partial charge on any atom is 0.267 e. The fourth-order valence-corrected chi connectivity index (χ4v) is 4.87. The normalized spacial score (nSPS) is 17.6. The lowest BCUT2D eigenvalue weighted by Crippen LogP contribution is -2.48. The summed E-state index contributed by atoms with van der Waals surface area (Å²) in [5.41, 5.74) is 12.7. The Labute approximate surface area is 204 Å². The number of anilines is 3. The number of amides is 2. The molecule has 1 saturated heterocycles. The molecule has 1 aliphatic heterocycles. The van der Waals surface area contributed by atoms with Gasteiger partial charge in [0.25, 0.3) is 17.4 Å². The number of likely N-dealkylation sites (tertiary alicyclic amines) is 1. The van der Waals surface area contributed by atoms with Crippen LogP contribution in [0.1, 0.15) is 77.6 Å². The summed E-state index contributed by atoms with van der Waals surface area (Å²) >= 11 is 0. The van der Waals surface area contributed by atoms with Gasteiger partial charge in [-0.05, 0) is 56.7 Å². The Balaban J connectivity index is 1.60. The number of primary amides is 1. The number of aromatic amines is 1. The molecule has 35 heavy (non-hydrogen) atoms. The minimum absolute atomic E-state index is 0.0316. The number of aromatic nitrogens is 2. The fourth-order valence-electron chi connectivity index (χ4n) is 4.87. The second kappa shape index (κ2) is 10.5. The zero-order chi connectivity index (χ0) is 25.0. The molecule has 7 N–H and O–H groups in total. The summed E-state index contributed by atoms with van der Waals surface area (Å²) in [5.74, 6) is -0.696. The molecule has 0 spiro atoms. The second-order valence-corrected chi connectivity index (χ2v) is 9.79. The molecule has 10 heteroatoms. The van der Waals surface area contributed by atoms with Crippen molar-refractivity contribution in [1.82, 2.24) is 14.9 Å². The molecule has 1 aromatic carbocycles. The molecule has 10 nitrogen and oxygen atoms in total. The van der Waals surface area contributed by atoms with Crippen molar-refractivity contribution >= 4 is 29.3 Å². The van der Waals surface area contributed by atoms with Crippen LogP contribution in [0, 0.1) is 6.92 Å². The molecule has 1 saturated carbocycles. The standard InChI is InChI=1S/C25H35N7O3/c1-16-8-9-17(23(35)32-12-6-3-7-13-32)14-18(16)29-21-19(20(26)33)22(34)31-24(30-21)28-15-25(27)10-4-2-5-11-25/h8-9,14H,2-7,10-13,15,27H2,1H3,(H2,26,33)(H3,28,29,30,31,34). The number of nitrogens with two attached hydrogens (primary N) is 2. The van der Waals surface area contributed by atoms with Gasteiger partial charge in [-0.25, -0.2) is 0 Å². The molecule has 2 amide bonds. The first-order chi connectivity index (χ1) is 16.8. The number of H-pyrrole nitrogens is 1. The van der Waals surface area contributed by atoms with E-state index in [0.717, 1.165) is 63.6 Å². The van der Waals surface area contributed by atoms with E-state index in [2.05, 4.69) is 20.6 Å². The number of piperidine rings is 1. The van der Waals surface area contributed by atoms with Gasteiger partial charge < -0.3 is 27.0 Å². The molecule has 2 fully saturated rings. The molecule has 2 aromatic rings. The number of hydrogen-bond acceptors (Lipinski definition) is 7. The summed E-state index contributed by atoms with van der Waals surface area (Å²) in [6, 6.07) is 5.34. The van der Waals surface area contributed by atoms with Crippen LogP contribution in [0.2, 0.25) is 0 Å². The van der Waals surface area contributed by atoms with Crippen LogP contribution in [-0.2, 0) is 0 Å². The Kier molecular flexibility index (Phi) is 7.39. The fraction of sp³-hybridized carbons (Fsp3) is 0.520. The Morgan fingerprint density at radius 1 is 1.11 bits per heavy atom. The van der Waals surface area contributed by atoms with Crippen molar-refractivity contribution < 1.29 is 9.59 Å². The third-order valence-electron chi connectivity index (χ3n) is 7.00. The molecule has 2 heterocycles. The largest absolute Gasteiger partial charge is 0.365 e. The number of carbonyl (C=O) groups is 2. The van der Waals surface area contributed by atoms with Gasteiger partial charge in [0.1, 0.15) is 5.56 Å². The van der Waals surface area contributed by atoms with E-state index in [1.165, 1.54) is 6.42 Å². The van der Waals surface area contributed by atoms with E-state index in [9.17, 15) is 14.4 Å². The number of nitrogens with zero attached hydrogens (tertiary/aromatic N) is 2. The predicted molar refractivity (Wildman–Crippen MR) is 136 cm³/mol. The Hall–Kier alpha value is -3.40. The highest BCUT2D eigenvalue weighted by Crippen LogP contribution is 2.27. The van der Waals surface area contributed by atoms with Crippen molar-refractivity contribution in [3.63, 3.8) is 0 Å². The molecule has 4 rings (SSSR count). The van der Waals surface area contributed by atoms with Crippen LogP contribution in [0.25, 0.3) is 0 Å². The molecule has 0 unspecified atom stereocenters. The number of aryl methyl sites for hydroxylation is 1. The van der Waals surface area contributed by atoms with E-state index in [-0.39, 0.29) is 28.8 Å². The third kappa shape index (κ3) is 5.82. The van der Waals surface area contributed by atoms with Gasteiger partial charge in [-0.1, -0.05) is 25.3 Å². The van der Waals surface area contributed by atoms with Crippen LogP contribution >= 0.6 is 0 Å². The lowest BCUT2D eigenvalue weighted by molar-refractivity contribution is 0.0724. The molecular formula is C25H35N7O3. The van der Waals surface area contributed by atoms with Crippen molar-refractivity contribution in [2.75, 3.05) is 30.3 Å². The first-order valence-corrected chi connectivity index (χ1v) is 12.4. The molecule has 0 radical (unpaired) electrons. The highest BCUT2D eigenvalue weighted by Gasteiger charge is 2.28. The minimum atomic E-state index is -0.895. The van der Waals surface area contributed by atoms with Crippen LogP contribution in [0.3, 0.4) is 0 Å². The predicted octanol–water partition coefficient (Wildman–Crippen LogP) is 2.62. The average Bonchev–Trinajstić information content (AvgIpc) is 2.84. The van der Waals surface area contributed by atoms with Crippen LogP contribution in [0.15, 0.2) is 23.0 Å². The molecule has 1 aliphatic carbocycles. The van der Waals surface area contributed by atoms with Crippen molar-refractivity contribution in [3.05, 3.63) is 45.2 Å². The van der Waals surface area contributed by atoms with E-state index in [1.807, 2.05) is 17.9 Å². The zero-order valence-electron chi connectivity index (χ0n) is 20.3. The van der Waals surface area contributed by atoms with Crippen molar-refractivity contribution in [2.24, 2.45) is 11.5 Å². The summed E-state index contributed by atoms with van der Waals surface area (Å²) < 4.78 is 0. The molecular weight excluding hydrogens is 446 g/mol. The maximum atomic E-state index is 13.0. The SMILES string of the molecule is Cc1ccc(C(=O)N2CCCCC2)cc1Nc1nc(NCC2(N)CCCCC2)[nH]c(=O)c1C(N)=O. The number of carbonyl (C=O) groups excluding carboxylic acids is 2. The van der Waals surface area contributed by atoms with Crippen LogP contribution in [0.4, 0.5) is 17.5 Å². The lowest BCUT2D eigenvalue weighted by Gasteiger charge is -2.33. The lowest BCUT2D eigenvalue weighted by atomic mass is 9.82. The van der Waals surface area contributed by atoms with Gasteiger partial charge in [-0.2, -0.15) is 4.98 Å². The minimum Gasteiger partial charge on any atom is -0.365 e. The maximum absolute atomic E-state index is 13.0. The molecule has 188 valence electrons. The van der Waals surface area contributed by atoms with Gasteiger partial charge in [0.15, 0.2) is 5.82 Å². The summed E-state index contributed by atoms with van der Waals surface area (Å²) in [4.78, 5) is 46.7. The first-order valence-electron chi connectivity index (χ1n) is 12.4. The summed E-state index contributed by atoms with van der Waals surface area (Å²) in [7, 11) is 0. The quantitative estimate of drug-likeness (QED) is 0.406. The van der Waals surface area contributed by atoms with Crippen molar-refractivity contribution in [2.45, 2.75) is 63.8 Å². The van der Waals surface area contributed by atoms with Gasteiger partial charge in [0.2, 0.25) is 5.95 Å². The Morgan fingerprint density at radius 2 is 1.80 bits per heavy atom. The average molecular weight is 482 g/mol. The monoisotopic (exact) mass is 481 g/mol. The van der Waals surface area contributed by atoms with Crippen molar-refractivity contribution in [1.29, 1.82) is 0 Å². The third-order valence-corrected chi connectivity index (χ3v) is 7.00. The van der Waals surface area contributed by atoms with Gasteiger partial charge >= 0.3 is 0 Å². The highest BCUT2D eigenvalue weighted by atomic mass is 16.2. The second-order valence-electron chi connectivity index (χ2n) is 9.79. The zero-order valence-corrected chi connectivity index (χ0v) is 20.3. The Morgan fingerprint density at radius 3 is 2.49 bits per heavy atom. The van der Waals surface area contributed by atoms with Crippen LogP contribution in [-0.4, -0.2) is 51.9 Å².